The lowest BCUT2D eigenvalue weighted by molar-refractivity contribution is -0.385. The van der Waals surface area contributed by atoms with Crippen LogP contribution in [0, 0.1) is 10.1 Å². The number of nitrogens with zero attached hydrogens (tertiary/aromatic N) is 1. The second kappa shape index (κ2) is 7.67. The first-order chi connectivity index (χ1) is 12.5. The van der Waals surface area contributed by atoms with Crippen molar-refractivity contribution in [3.63, 3.8) is 0 Å². The first-order valence-corrected chi connectivity index (χ1v) is 7.99. The molecule has 0 bridgehead atoms. The molecule has 0 saturated heterocycles. The van der Waals surface area contributed by atoms with E-state index >= 15 is 0 Å². The van der Waals surface area contributed by atoms with Gasteiger partial charge in [0.1, 0.15) is 17.1 Å². The molecule has 0 atom stereocenters. The molecule has 0 spiro atoms. The molecule has 3 aromatic carbocycles. The van der Waals surface area contributed by atoms with Crippen molar-refractivity contribution in [2.24, 2.45) is 0 Å². The summed E-state index contributed by atoms with van der Waals surface area (Å²) in [5.41, 5.74) is 0.253. The first kappa shape index (κ1) is 17.4. The minimum absolute atomic E-state index is 0.000934. The van der Waals surface area contributed by atoms with E-state index in [0.29, 0.717) is 22.2 Å². The molecule has 0 aromatic heterocycles. The zero-order chi connectivity index (χ0) is 18.5. The third-order valence-electron chi connectivity index (χ3n) is 3.51. The minimum Gasteiger partial charge on any atom is -0.457 e. The molecular formula is C19H13ClN2O4. The van der Waals surface area contributed by atoms with E-state index in [4.69, 9.17) is 16.3 Å². The Kier molecular flexibility index (Phi) is 5.15. The molecule has 0 saturated carbocycles. The van der Waals surface area contributed by atoms with Crippen LogP contribution in [0.5, 0.6) is 11.5 Å². The Morgan fingerprint density at radius 1 is 0.923 bits per heavy atom. The van der Waals surface area contributed by atoms with Crippen LogP contribution in [0.25, 0.3) is 0 Å². The molecule has 1 N–H and O–H groups in total. The van der Waals surface area contributed by atoms with Gasteiger partial charge in [-0.25, -0.2) is 0 Å². The summed E-state index contributed by atoms with van der Waals surface area (Å²) in [5, 5.41) is 14.3. The van der Waals surface area contributed by atoms with Crippen molar-refractivity contribution >= 4 is 28.9 Å². The van der Waals surface area contributed by atoms with E-state index in [1.54, 1.807) is 54.6 Å². The summed E-state index contributed by atoms with van der Waals surface area (Å²) >= 11 is 5.83. The average molecular weight is 369 g/mol. The van der Waals surface area contributed by atoms with Gasteiger partial charge in [-0.2, -0.15) is 0 Å². The molecule has 3 aromatic rings. The summed E-state index contributed by atoms with van der Waals surface area (Å²) in [5.74, 6) is 0.658. The van der Waals surface area contributed by atoms with Crippen LogP contribution in [0.3, 0.4) is 0 Å². The largest absolute Gasteiger partial charge is 0.457 e. The highest BCUT2D eigenvalue weighted by Crippen LogP contribution is 2.25. The third-order valence-corrected chi connectivity index (χ3v) is 3.76. The summed E-state index contributed by atoms with van der Waals surface area (Å²) in [6.45, 7) is 0. The number of anilines is 1. The van der Waals surface area contributed by atoms with Gasteiger partial charge < -0.3 is 10.1 Å². The molecule has 0 unspecified atom stereocenters. The number of hydrogen-bond donors (Lipinski definition) is 1. The maximum absolute atomic E-state index is 12.3. The molecule has 1 amide bonds. The third kappa shape index (κ3) is 4.17. The summed E-state index contributed by atoms with van der Waals surface area (Å²) in [4.78, 5) is 22.7. The number of nitro benzene ring substituents is 1. The molecule has 3 rings (SSSR count). The SMILES string of the molecule is O=C(Nc1ccc(Oc2ccc(Cl)cc2)cc1)c1ccccc1[N+](=O)[O-]. The smallest absolute Gasteiger partial charge is 0.282 e. The predicted octanol–water partition coefficient (Wildman–Crippen LogP) is 5.29. The fourth-order valence-electron chi connectivity index (χ4n) is 2.27. The van der Waals surface area contributed by atoms with E-state index in [-0.39, 0.29) is 11.3 Å². The fraction of sp³-hybridized carbons (Fsp3) is 0. The zero-order valence-corrected chi connectivity index (χ0v) is 14.1. The lowest BCUT2D eigenvalue weighted by Crippen LogP contribution is -2.13. The molecule has 0 fully saturated rings. The lowest BCUT2D eigenvalue weighted by atomic mass is 10.1. The highest BCUT2D eigenvalue weighted by molar-refractivity contribution is 6.30. The molecule has 0 aliphatic carbocycles. The number of halogens is 1. The van der Waals surface area contributed by atoms with Crippen LogP contribution in [0.15, 0.2) is 72.8 Å². The van der Waals surface area contributed by atoms with Gasteiger partial charge in [0.15, 0.2) is 0 Å². The minimum atomic E-state index is -0.585. The van der Waals surface area contributed by atoms with Crippen LogP contribution in [-0.2, 0) is 0 Å². The Morgan fingerprint density at radius 2 is 1.50 bits per heavy atom. The molecule has 0 aliphatic rings. The standard InChI is InChI=1S/C19H13ClN2O4/c20-13-5-9-15(10-6-13)26-16-11-7-14(8-12-16)21-19(23)17-3-1-2-4-18(17)22(24)25/h1-12H,(H,21,23). The number of amides is 1. The van der Waals surface area contributed by atoms with Crippen LogP contribution in [-0.4, -0.2) is 10.8 Å². The number of ether oxygens (including phenoxy) is 1. The first-order valence-electron chi connectivity index (χ1n) is 7.61. The normalized spacial score (nSPS) is 10.2. The van der Waals surface area contributed by atoms with E-state index in [1.165, 1.54) is 18.2 Å². The highest BCUT2D eigenvalue weighted by atomic mass is 35.5. The number of rotatable bonds is 5. The van der Waals surface area contributed by atoms with Gasteiger partial charge >= 0.3 is 0 Å². The number of hydrogen-bond acceptors (Lipinski definition) is 4. The Bertz CT molecular complexity index is 941. The van der Waals surface area contributed by atoms with Crippen molar-refractivity contribution in [3.05, 3.63) is 93.5 Å². The summed E-state index contributed by atoms with van der Waals surface area (Å²) in [7, 11) is 0. The topological polar surface area (TPSA) is 81.5 Å². The van der Waals surface area contributed by atoms with Crippen LogP contribution >= 0.6 is 11.6 Å². The van der Waals surface area contributed by atoms with Gasteiger partial charge in [-0.05, 0) is 54.6 Å². The molecule has 0 radical (unpaired) electrons. The summed E-state index contributed by atoms with van der Waals surface area (Å²) < 4.78 is 5.67. The molecular weight excluding hydrogens is 356 g/mol. The van der Waals surface area contributed by atoms with Crippen LogP contribution in [0.2, 0.25) is 5.02 Å². The van der Waals surface area contributed by atoms with Crippen molar-refractivity contribution in [2.45, 2.75) is 0 Å². The Labute approximate surface area is 154 Å². The van der Waals surface area contributed by atoms with Gasteiger partial charge in [0.25, 0.3) is 11.6 Å². The molecule has 0 aliphatic heterocycles. The van der Waals surface area contributed by atoms with E-state index in [9.17, 15) is 14.9 Å². The van der Waals surface area contributed by atoms with Crippen LogP contribution in [0.1, 0.15) is 10.4 Å². The van der Waals surface area contributed by atoms with Crippen molar-refractivity contribution in [3.8, 4) is 11.5 Å². The van der Waals surface area contributed by atoms with Crippen molar-refractivity contribution < 1.29 is 14.5 Å². The fourth-order valence-corrected chi connectivity index (χ4v) is 2.39. The highest BCUT2D eigenvalue weighted by Gasteiger charge is 2.19. The Hall–Kier alpha value is -3.38. The van der Waals surface area contributed by atoms with Crippen molar-refractivity contribution in [1.82, 2.24) is 0 Å². The van der Waals surface area contributed by atoms with Gasteiger partial charge in [-0.3, -0.25) is 14.9 Å². The molecule has 26 heavy (non-hydrogen) atoms. The summed E-state index contributed by atoms with van der Waals surface area (Å²) in [6, 6.07) is 19.4. The van der Waals surface area contributed by atoms with E-state index in [2.05, 4.69) is 5.32 Å². The zero-order valence-electron chi connectivity index (χ0n) is 13.4. The molecule has 6 nitrogen and oxygen atoms in total. The van der Waals surface area contributed by atoms with Gasteiger partial charge in [0.2, 0.25) is 0 Å². The van der Waals surface area contributed by atoms with Gasteiger partial charge in [-0.15, -0.1) is 0 Å². The molecule has 130 valence electrons. The van der Waals surface area contributed by atoms with Crippen LogP contribution < -0.4 is 10.1 Å². The predicted molar refractivity (Wildman–Crippen MR) is 99.0 cm³/mol. The van der Waals surface area contributed by atoms with E-state index in [1.807, 2.05) is 0 Å². The van der Waals surface area contributed by atoms with Gasteiger partial charge in [0.05, 0.1) is 4.92 Å². The molecule has 0 heterocycles. The van der Waals surface area contributed by atoms with Gasteiger partial charge in [-0.1, -0.05) is 23.7 Å². The van der Waals surface area contributed by atoms with Crippen LogP contribution in [0.4, 0.5) is 11.4 Å². The van der Waals surface area contributed by atoms with E-state index in [0.717, 1.165) is 0 Å². The number of carbonyl (C=O) groups excluding carboxylic acids is 1. The second-order valence-corrected chi connectivity index (χ2v) is 5.75. The number of para-hydroxylation sites is 1. The maximum atomic E-state index is 12.3. The second-order valence-electron chi connectivity index (χ2n) is 5.31. The quantitative estimate of drug-likeness (QED) is 0.489. The van der Waals surface area contributed by atoms with Crippen molar-refractivity contribution in [2.75, 3.05) is 5.32 Å². The number of nitro groups is 1. The lowest BCUT2D eigenvalue weighted by Gasteiger charge is -2.08. The monoisotopic (exact) mass is 368 g/mol. The summed E-state index contributed by atoms with van der Waals surface area (Å²) in [6.07, 6.45) is 0. The Balaban J connectivity index is 1.70. The average Bonchev–Trinajstić information content (AvgIpc) is 2.65. The maximum Gasteiger partial charge on any atom is 0.282 e. The Morgan fingerprint density at radius 3 is 2.12 bits per heavy atom. The molecule has 7 heteroatoms. The van der Waals surface area contributed by atoms with Crippen molar-refractivity contribution in [1.29, 1.82) is 0 Å². The van der Waals surface area contributed by atoms with Gasteiger partial charge in [0, 0.05) is 16.8 Å². The number of benzene rings is 3. The number of carbonyl (C=O) groups is 1. The van der Waals surface area contributed by atoms with E-state index < -0.39 is 10.8 Å². The number of nitrogens with one attached hydrogen (secondary N) is 1.